The van der Waals surface area contributed by atoms with Gasteiger partial charge in [0.15, 0.2) is 11.0 Å². The molecule has 5 rings (SSSR count). The van der Waals surface area contributed by atoms with Crippen LogP contribution in [0.2, 0.25) is 0 Å². The number of fused-ring (bicyclic) bond motifs is 2. The maximum atomic E-state index is 4.84. The number of anilines is 1. The predicted octanol–water partition coefficient (Wildman–Crippen LogP) is 4.51. The summed E-state index contributed by atoms with van der Waals surface area (Å²) in [5.74, 6) is 1.76. The maximum Gasteiger partial charge on any atom is 0.168 e. The summed E-state index contributed by atoms with van der Waals surface area (Å²) in [7, 11) is 0. The van der Waals surface area contributed by atoms with Crippen LogP contribution in [0.4, 0.5) is 11.5 Å². The lowest BCUT2D eigenvalue weighted by Gasteiger charge is -2.19. The van der Waals surface area contributed by atoms with E-state index >= 15 is 0 Å². The Morgan fingerprint density at radius 2 is 2.07 bits per heavy atom. The number of thioether (sulfide) groups is 1. The minimum absolute atomic E-state index is 0.403. The number of para-hydroxylation sites is 1. The SMILES string of the molecule is C=C1NC(SCC2Cc3cc(C)ccc3N2)=Nc2c1cnn2-c1ccccc1. The van der Waals surface area contributed by atoms with Crippen molar-refractivity contribution in [1.29, 1.82) is 0 Å². The Balaban J connectivity index is 1.34. The number of hydrogen-bond acceptors (Lipinski definition) is 5. The number of amidine groups is 1. The molecule has 140 valence electrons. The summed E-state index contributed by atoms with van der Waals surface area (Å²) in [5.41, 5.74) is 6.74. The van der Waals surface area contributed by atoms with Crippen molar-refractivity contribution < 1.29 is 0 Å². The number of hydrogen-bond donors (Lipinski definition) is 2. The van der Waals surface area contributed by atoms with Crippen molar-refractivity contribution in [2.75, 3.05) is 11.1 Å². The highest BCUT2D eigenvalue weighted by atomic mass is 32.2. The van der Waals surface area contributed by atoms with E-state index in [1.165, 1.54) is 16.8 Å². The molecule has 0 bridgehead atoms. The zero-order valence-corrected chi connectivity index (χ0v) is 16.5. The Bertz CT molecular complexity index is 1080. The third-order valence-electron chi connectivity index (χ3n) is 5.04. The van der Waals surface area contributed by atoms with E-state index in [2.05, 4.69) is 47.4 Å². The predicted molar refractivity (Wildman–Crippen MR) is 118 cm³/mol. The highest BCUT2D eigenvalue weighted by Crippen LogP contribution is 2.33. The average molecular weight is 388 g/mol. The minimum Gasteiger partial charge on any atom is -0.381 e. The second kappa shape index (κ2) is 6.87. The molecule has 3 aromatic rings. The molecule has 2 aromatic carbocycles. The second-order valence-corrected chi connectivity index (χ2v) is 8.18. The molecule has 0 radical (unpaired) electrons. The molecule has 0 aliphatic carbocycles. The second-order valence-electron chi connectivity index (χ2n) is 7.17. The van der Waals surface area contributed by atoms with Gasteiger partial charge in [0.05, 0.1) is 17.4 Å². The first-order chi connectivity index (χ1) is 13.7. The van der Waals surface area contributed by atoms with Crippen LogP contribution in [-0.2, 0) is 6.42 Å². The fourth-order valence-electron chi connectivity index (χ4n) is 3.66. The lowest BCUT2D eigenvalue weighted by molar-refractivity contribution is 0.852. The Kier molecular flexibility index (Phi) is 4.20. The molecule has 28 heavy (non-hydrogen) atoms. The van der Waals surface area contributed by atoms with Crippen LogP contribution in [0.25, 0.3) is 11.4 Å². The molecule has 1 atom stereocenters. The van der Waals surface area contributed by atoms with Crippen LogP contribution in [0.15, 0.2) is 66.3 Å². The van der Waals surface area contributed by atoms with E-state index in [0.29, 0.717) is 6.04 Å². The molecule has 6 heteroatoms. The molecule has 0 amide bonds. The first kappa shape index (κ1) is 17.1. The number of nitrogens with zero attached hydrogens (tertiary/aromatic N) is 3. The van der Waals surface area contributed by atoms with Crippen LogP contribution < -0.4 is 10.6 Å². The first-order valence-corrected chi connectivity index (χ1v) is 10.3. The zero-order chi connectivity index (χ0) is 19.1. The lowest BCUT2D eigenvalue weighted by Crippen LogP contribution is -2.25. The average Bonchev–Trinajstić information content (AvgIpc) is 3.30. The smallest absolute Gasteiger partial charge is 0.168 e. The third kappa shape index (κ3) is 3.10. The van der Waals surface area contributed by atoms with Crippen molar-refractivity contribution in [2.24, 2.45) is 4.99 Å². The van der Waals surface area contributed by atoms with Crippen LogP contribution >= 0.6 is 11.8 Å². The Morgan fingerprint density at radius 3 is 2.93 bits per heavy atom. The fourth-order valence-corrected chi connectivity index (χ4v) is 4.56. The number of aryl methyl sites for hydroxylation is 1. The number of benzene rings is 2. The molecule has 1 aromatic heterocycles. The Hall–Kier alpha value is -2.99. The summed E-state index contributed by atoms with van der Waals surface area (Å²) in [6.45, 7) is 6.30. The number of aliphatic imine (C=N–C) groups is 1. The van der Waals surface area contributed by atoms with Crippen molar-refractivity contribution in [3.8, 4) is 5.69 Å². The van der Waals surface area contributed by atoms with Crippen LogP contribution in [-0.4, -0.2) is 26.7 Å². The molecular formula is C22H21N5S. The largest absolute Gasteiger partial charge is 0.381 e. The van der Waals surface area contributed by atoms with Crippen molar-refractivity contribution >= 4 is 34.1 Å². The standard InChI is InChI=1S/C22H21N5S/c1-14-8-9-20-16(10-14)11-17(25-20)13-28-22-24-15(2)19-12-23-27(21(19)26-22)18-6-4-3-5-7-18/h3-10,12,17,25H,2,11,13H2,1H3,(H,24,26). The normalized spacial score (nSPS) is 17.4. The monoisotopic (exact) mass is 387 g/mol. The van der Waals surface area contributed by atoms with Gasteiger partial charge >= 0.3 is 0 Å². The Morgan fingerprint density at radius 1 is 1.21 bits per heavy atom. The van der Waals surface area contributed by atoms with Gasteiger partial charge in [0.1, 0.15) is 0 Å². The van der Waals surface area contributed by atoms with Gasteiger partial charge in [-0.05, 0) is 37.1 Å². The van der Waals surface area contributed by atoms with E-state index in [4.69, 9.17) is 4.99 Å². The first-order valence-electron chi connectivity index (χ1n) is 9.35. The third-order valence-corrected chi connectivity index (χ3v) is 6.08. The summed E-state index contributed by atoms with van der Waals surface area (Å²) < 4.78 is 1.87. The molecule has 1 unspecified atom stereocenters. The topological polar surface area (TPSA) is 54.2 Å². The molecule has 0 saturated heterocycles. The van der Waals surface area contributed by atoms with Gasteiger partial charge in [0.25, 0.3) is 0 Å². The van der Waals surface area contributed by atoms with Crippen LogP contribution in [0.1, 0.15) is 16.7 Å². The number of aromatic nitrogens is 2. The molecular weight excluding hydrogens is 366 g/mol. The van der Waals surface area contributed by atoms with Gasteiger partial charge in [0.2, 0.25) is 0 Å². The summed E-state index contributed by atoms with van der Waals surface area (Å²) in [4.78, 5) is 4.84. The lowest BCUT2D eigenvalue weighted by atomic mass is 10.1. The van der Waals surface area contributed by atoms with Crippen molar-refractivity contribution in [3.63, 3.8) is 0 Å². The van der Waals surface area contributed by atoms with E-state index in [0.717, 1.165) is 40.1 Å². The summed E-state index contributed by atoms with van der Waals surface area (Å²) in [6.07, 6.45) is 2.87. The minimum atomic E-state index is 0.403. The van der Waals surface area contributed by atoms with Gasteiger partial charge < -0.3 is 10.6 Å². The maximum absolute atomic E-state index is 4.84. The zero-order valence-electron chi connectivity index (χ0n) is 15.6. The number of rotatable bonds is 3. The summed E-state index contributed by atoms with van der Waals surface area (Å²) >= 11 is 1.72. The fraction of sp³-hybridized carbons (Fsp3) is 0.182. The Labute approximate surface area is 168 Å². The molecule has 2 aliphatic heterocycles. The van der Waals surface area contributed by atoms with Crippen molar-refractivity contribution in [2.45, 2.75) is 19.4 Å². The van der Waals surface area contributed by atoms with Crippen LogP contribution in [0, 0.1) is 6.92 Å². The van der Waals surface area contributed by atoms with Crippen LogP contribution in [0.5, 0.6) is 0 Å². The van der Waals surface area contributed by atoms with E-state index < -0.39 is 0 Å². The van der Waals surface area contributed by atoms with Crippen molar-refractivity contribution in [3.05, 3.63) is 78.0 Å². The molecule has 5 nitrogen and oxygen atoms in total. The van der Waals surface area contributed by atoms with Gasteiger partial charge in [-0.15, -0.1) is 0 Å². The van der Waals surface area contributed by atoms with Gasteiger partial charge in [-0.2, -0.15) is 5.10 Å². The van der Waals surface area contributed by atoms with Gasteiger partial charge in [0, 0.05) is 23.2 Å². The molecule has 0 saturated carbocycles. The van der Waals surface area contributed by atoms with Crippen molar-refractivity contribution in [1.82, 2.24) is 15.1 Å². The quantitative estimate of drug-likeness (QED) is 0.694. The molecule has 0 spiro atoms. The molecule has 3 heterocycles. The summed E-state index contributed by atoms with van der Waals surface area (Å²) in [5, 5.41) is 12.3. The van der Waals surface area contributed by atoms with E-state index in [1.807, 2.05) is 41.2 Å². The van der Waals surface area contributed by atoms with Gasteiger partial charge in [-0.3, -0.25) is 0 Å². The van der Waals surface area contributed by atoms with E-state index in [-0.39, 0.29) is 0 Å². The van der Waals surface area contributed by atoms with Crippen LogP contribution in [0.3, 0.4) is 0 Å². The van der Waals surface area contributed by atoms with E-state index in [1.54, 1.807) is 11.8 Å². The van der Waals surface area contributed by atoms with E-state index in [9.17, 15) is 0 Å². The summed E-state index contributed by atoms with van der Waals surface area (Å²) in [6, 6.07) is 17.1. The van der Waals surface area contributed by atoms with Gasteiger partial charge in [-0.25, -0.2) is 9.67 Å². The number of nitrogens with one attached hydrogen (secondary N) is 2. The highest BCUT2D eigenvalue weighted by Gasteiger charge is 2.24. The molecule has 0 fully saturated rings. The molecule has 2 aliphatic rings. The van der Waals surface area contributed by atoms with Gasteiger partial charge in [-0.1, -0.05) is 54.2 Å². The molecule has 2 N–H and O–H groups in total. The highest BCUT2D eigenvalue weighted by molar-refractivity contribution is 8.13.